The first-order valence-electron chi connectivity index (χ1n) is 6.09. The maximum absolute atomic E-state index is 11.1. The molecule has 0 saturated carbocycles. The van der Waals surface area contributed by atoms with E-state index in [2.05, 4.69) is 10.6 Å². The van der Waals surface area contributed by atoms with E-state index in [-0.39, 0.29) is 11.3 Å². The number of amides is 1. The van der Waals surface area contributed by atoms with E-state index < -0.39 is 10.8 Å². The smallest absolute Gasteiger partial charge is 0.292 e. The van der Waals surface area contributed by atoms with Crippen LogP contribution in [0.25, 0.3) is 0 Å². The highest BCUT2D eigenvalue weighted by Crippen LogP contribution is 2.25. The fourth-order valence-electron chi connectivity index (χ4n) is 1.60. The lowest BCUT2D eigenvalue weighted by atomic mass is 10.1. The molecule has 0 aliphatic carbocycles. The number of rotatable bonds is 8. The van der Waals surface area contributed by atoms with Gasteiger partial charge in [-0.05, 0) is 31.6 Å². The molecule has 1 aromatic carbocycles. The van der Waals surface area contributed by atoms with E-state index in [1.54, 1.807) is 0 Å². The van der Waals surface area contributed by atoms with Gasteiger partial charge in [-0.25, -0.2) is 0 Å². The van der Waals surface area contributed by atoms with Gasteiger partial charge in [-0.15, -0.1) is 0 Å². The first kappa shape index (κ1) is 14.9. The minimum atomic E-state index is -0.606. The van der Waals surface area contributed by atoms with Gasteiger partial charge in [-0.3, -0.25) is 14.9 Å². The van der Waals surface area contributed by atoms with Crippen LogP contribution in [0.3, 0.4) is 0 Å². The number of benzene rings is 1. The van der Waals surface area contributed by atoms with Gasteiger partial charge in [0, 0.05) is 18.2 Å². The Balaban J connectivity index is 2.74. The number of carbonyl (C=O) groups is 1. The van der Waals surface area contributed by atoms with Gasteiger partial charge in [0.1, 0.15) is 5.69 Å². The normalized spacial score (nSPS) is 10.2. The Labute approximate surface area is 111 Å². The first-order valence-corrected chi connectivity index (χ1v) is 6.09. The number of anilines is 1. The molecule has 0 bridgehead atoms. The molecule has 19 heavy (non-hydrogen) atoms. The van der Waals surface area contributed by atoms with E-state index in [4.69, 9.17) is 5.73 Å². The molecule has 7 nitrogen and oxygen atoms in total. The van der Waals surface area contributed by atoms with E-state index in [1.807, 2.05) is 6.92 Å². The van der Waals surface area contributed by atoms with Crippen LogP contribution in [0.4, 0.5) is 11.4 Å². The Kier molecular flexibility index (Phi) is 5.74. The third-order valence-corrected chi connectivity index (χ3v) is 2.57. The number of carbonyl (C=O) groups excluding carboxylic acids is 1. The molecule has 104 valence electrons. The Morgan fingerprint density at radius 1 is 1.42 bits per heavy atom. The third kappa shape index (κ3) is 4.55. The zero-order valence-electron chi connectivity index (χ0n) is 10.8. The number of primary amides is 1. The third-order valence-electron chi connectivity index (χ3n) is 2.57. The van der Waals surface area contributed by atoms with E-state index in [9.17, 15) is 14.9 Å². The molecule has 1 amide bonds. The highest BCUT2D eigenvalue weighted by molar-refractivity contribution is 5.94. The largest absolute Gasteiger partial charge is 0.379 e. The van der Waals surface area contributed by atoms with Crippen molar-refractivity contribution in [2.45, 2.75) is 13.3 Å². The van der Waals surface area contributed by atoms with Crippen molar-refractivity contribution in [3.63, 3.8) is 0 Å². The molecule has 1 aromatic rings. The minimum absolute atomic E-state index is 0.0616. The fourth-order valence-corrected chi connectivity index (χ4v) is 1.60. The average molecular weight is 266 g/mol. The summed E-state index contributed by atoms with van der Waals surface area (Å²) in [7, 11) is 0. The van der Waals surface area contributed by atoms with Crippen LogP contribution in [0, 0.1) is 10.1 Å². The van der Waals surface area contributed by atoms with Gasteiger partial charge >= 0.3 is 0 Å². The highest BCUT2D eigenvalue weighted by atomic mass is 16.6. The van der Waals surface area contributed by atoms with Crippen LogP contribution in [-0.2, 0) is 0 Å². The molecule has 7 heteroatoms. The Hall–Kier alpha value is -2.15. The van der Waals surface area contributed by atoms with Gasteiger partial charge < -0.3 is 16.4 Å². The lowest BCUT2D eigenvalue weighted by Gasteiger charge is -2.08. The van der Waals surface area contributed by atoms with Gasteiger partial charge in [0.2, 0.25) is 5.91 Å². The summed E-state index contributed by atoms with van der Waals surface area (Å²) in [4.78, 5) is 21.5. The summed E-state index contributed by atoms with van der Waals surface area (Å²) in [5.41, 5.74) is 5.66. The van der Waals surface area contributed by atoms with E-state index in [0.717, 1.165) is 19.5 Å². The van der Waals surface area contributed by atoms with Gasteiger partial charge in [0.25, 0.3) is 5.69 Å². The van der Waals surface area contributed by atoms with Crippen LogP contribution >= 0.6 is 0 Å². The van der Waals surface area contributed by atoms with Crippen molar-refractivity contribution in [1.82, 2.24) is 5.32 Å². The summed E-state index contributed by atoms with van der Waals surface area (Å²) in [6, 6.07) is 4.05. The van der Waals surface area contributed by atoms with Crippen LogP contribution in [0.2, 0.25) is 0 Å². The van der Waals surface area contributed by atoms with Crippen LogP contribution in [0.1, 0.15) is 23.7 Å². The molecule has 0 aliphatic rings. The molecule has 0 fully saturated rings. The SMILES string of the molecule is CCNCCCNc1cc(C(N)=O)ccc1[N+](=O)[O-]. The number of nitro benzene ring substituents is 1. The van der Waals surface area contributed by atoms with Gasteiger partial charge in [-0.1, -0.05) is 6.92 Å². The number of hydrogen-bond acceptors (Lipinski definition) is 5. The molecule has 0 saturated heterocycles. The van der Waals surface area contributed by atoms with Crippen molar-refractivity contribution in [3.8, 4) is 0 Å². The summed E-state index contributed by atoms with van der Waals surface area (Å²) >= 11 is 0. The van der Waals surface area contributed by atoms with Crippen molar-refractivity contribution in [2.75, 3.05) is 25.0 Å². The van der Waals surface area contributed by atoms with Gasteiger partial charge in [0.15, 0.2) is 0 Å². The molecule has 4 N–H and O–H groups in total. The molecular formula is C12H18N4O3. The Morgan fingerprint density at radius 2 is 2.16 bits per heavy atom. The summed E-state index contributed by atoms with van der Waals surface area (Å²) in [5.74, 6) is -0.606. The standard InChI is InChI=1S/C12H18N4O3/c1-2-14-6-3-7-15-10-8-9(12(13)17)4-5-11(10)16(18)19/h4-5,8,14-15H,2-3,6-7H2,1H3,(H2,13,17). The highest BCUT2D eigenvalue weighted by Gasteiger charge is 2.15. The molecule has 0 heterocycles. The summed E-state index contributed by atoms with van der Waals surface area (Å²) in [5, 5.41) is 17.0. The number of nitrogens with one attached hydrogen (secondary N) is 2. The predicted molar refractivity (Wildman–Crippen MR) is 73.3 cm³/mol. The maximum atomic E-state index is 11.1. The van der Waals surface area contributed by atoms with E-state index in [1.165, 1.54) is 18.2 Å². The minimum Gasteiger partial charge on any atom is -0.379 e. The zero-order valence-corrected chi connectivity index (χ0v) is 10.8. The molecular weight excluding hydrogens is 248 g/mol. The van der Waals surface area contributed by atoms with Crippen molar-refractivity contribution < 1.29 is 9.72 Å². The maximum Gasteiger partial charge on any atom is 0.292 e. The summed E-state index contributed by atoms with van der Waals surface area (Å²) in [6.07, 6.45) is 0.825. The number of nitro groups is 1. The molecule has 1 rings (SSSR count). The molecule has 0 aromatic heterocycles. The van der Waals surface area contributed by atoms with Crippen LogP contribution in [0.5, 0.6) is 0 Å². The van der Waals surface area contributed by atoms with Crippen molar-refractivity contribution in [2.24, 2.45) is 5.73 Å². The van der Waals surface area contributed by atoms with Crippen molar-refractivity contribution >= 4 is 17.3 Å². The number of nitrogens with two attached hydrogens (primary N) is 1. The predicted octanol–water partition coefficient (Wildman–Crippen LogP) is 1.11. The van der Waals surface area contributed by atoms with Crippen molar-refractivity contribution in [1.29, 1.82) is 0 Å². The second kappa shape index (κ2) is 7.32. The first-order chi connectivity index (χ1) is 9.06. The number of nitrogens with zero attached hydrogens (tertiary/aromatic N) is 1. The molecule has 0 unspecified atom stereocenters. The molecule has 0 aliphatic heterocycles. The molecule has 0 spiro atoms. The lowest BCUT2D eigenvalue weighted by Crippen LogP contribution is -2.18. The monoisotopic (exact) mass is 266 g/mol. The van der Waals surface area contributed by atoms with Crippen LogP contribution < -0.4 is 16.4 Å². The molecule has 0 radical (unpaired) electrons. The topological polar surface area (TPSA) is 110 Å². The summed E-state index contributed by atoms with van der Waals surface area (Å²) in [6.45, 7) is 4.30. The summed E-state index contributed by atoms with van der Waals surface area (Å²) < 4.78 is 0. The number of hydrogen-bond donors (Lipinski definition) is 3. The van der Waals surface area contributed by atoms with Gasteiger partial charge in [-0.2, -0.15) is 0 Å². The second-order valence-electron chi connectivity index (χ2n) is 3.99. The zero-order chi connectivity index (χ0) is 14.3. The quantitative estimate of drug-likeness (QED) is 0.371. The Bertz CT molecular complexity index is 462. The lowest BCUT2D eigenvalue weighted by molar-refractivity contribution is -0.384. The molecule has 0 atom stereocenters. The average Bonchev–Trinajstić information content (AvgIpc) is 2.38. The van der Waals surface area contributed by atoms with E-state index in [0.29, 0.717) is 12.2 Å². The van der Waals surface area contributed by atoms with Gasteiger partial charge in [0.05, 0.1) is 4.92 Å². The Morgan fingerprint density at radius 3 is 2.74 bits per heavy atom. The van der Waals surface area contributed by atoms with Crippen LogP contribution in [-0.4, -0.2) is 30.5 Å². The van der Waals surface area contributed by atoms with Crippen LogP contribution in [0.15, 0.2) is 18.2 Å². The fraction of sp³-hybridized carbons (Fsp3) is 0.417. The second-order valence-corrected chi connectivity index (χ2v) is 3.99. The van der Waals surface area contributed by atoms with E-state index >= 15 is 0 Å². The van der Waals surface area contributed by atoms with Crippen molar-refractivity contribution in [3.05, 3.63) is 33.9 Å².